The lowest BCUT2D eigenvalue weighted by molar-refractivity contribution is -0.171. The van der Waals surface area contributed by atoms with Crippen molar-refractivity contribution in [3.8, 4) is 11.5 Å². The molecule has 3 aliphatic rings. The van der Waals surface area contributed by atoms with Gasteiger partial charge in [-0.25, -0.2) is 33.9 Å². The summed E-state index contributed by atoms with van der Waals surface area (Å²) in [5.74, 6) is 0.0155. The van der Waals surface area contributed by atoms with Crippen LogP contribution in [0.3, 0.4) is 0 Å². The number of imidazole rings is 1. The van der Waals surface area contributed by atoms with Crippen LogP contribution in [0.2, 0.25) is 0 Å². The molecule has 310 valence electrons. The predicted molar refractivity (Wildman–Crippen MR) is 191 cm³/mol. The fraction of sp³-hybridized carbons (Fsp3) is 0.483. The molecule has 26 nitrogen and oxygen atoms in total. The average molecular weight is 845 g/mol. The fourth-order valence-electron chi connectivity index (χ4n) is 5.92. The van der Waals surface area contributed by atoms with E-state index in [1.165, 1.54) is 17.2 Å². The third-order valence-corrected chi connectivity index (χ3v) is 11.5. The average Bonchev–Trinajstić information content (AvgIpc) is 3.69. The van der Waals surface area contributed by atoms with Crippen molar-refractivity contribution in [2.75, 3.05) is 25.0 Å². The molecule has 6 rings (SSSR count). The quantitative estimate of drug-likeness (QED) is 0.0263. The number of aromatic nitrogens is 8. The number of nitrogens with zero attached hydrogens (tertiary/aromatic N) is 7. The van der Waals surface area contributed by atoms with E-state index in [-0.39, 0.29) is 40.3 Å². The highest BCUT2D eigenvalue weighted by Crippen LogP contribution is 2.61. The van der Waals surface area contributed by atoms with E-state index in [2.05, 4.69) is 39.1 Å². The van der Waals surface area contributed by atoms with E-state index in [9.17, 15) is 59.1 Å². The van der Waals surface area contributed by atoms with Crippen molar-refractivity contribution in [3.63, 3.8) is 0 Å². The second kappa shape index (κ2) is 16.6. The fourth-order valence-corrected chi connectivity index (χ4v) is 8.04. The van der Waals surface area contributed by atoms with E-state index in [4.69, 9.17) is 15.0 Å². The van der Waals surface area contributed by atoms with Gasteiger partial charge < -0.3 is 60.8 Å². The first kappa shape index (κ1) is 42.4. The molecule has 57 heavy (non-hydrogen) atoms. The Morgan fingerprint density at radius 2 is 1.72 bits per heavy atom. The Hall–Kier alpha value is -4.21. The van der Waals surface area contributed by atoms with E-state index < -0.39 is 89.2 Å². The number of H-pyrrole nitrogens is 1. The number of nitrogens with one attached hydrogen (secondary N) is 2. The zero-order chi connectivity index (χ0) is 41.6. The molecule has 3 aliphatic heterocycles. The van der Waals surface area contributed by atoms with Gasteiger partial charge in [-0.05, 0) is 37.1 Å². The number of aliphatic hydroxyl groups excluding tert-OH is 6. The number of aliphatic hydroxyl groups is 6. The van der Waals surface area contributed by atoms with Gasteiger partial charge in [0.15, 0.2) is 41.0 Å². The van der Waals surface area contributed by atoms with Crippen LogP contribution in [0.1, 0.15) is 17.4 Å². The van der Waals surface area contributed by atoms with Crippen LogP contribution in [-0.4, -0.2) is 142 Å². The first-order valence-electron chi connectivity index (χ1n) is 16.8. The number of phosphoric acid groups is 2. The third-order valence-electron chi connectivity index (χ3n) is 8.89. The first-order chi connectivity index (χ1) is 26.8. The van der Waals surface area contributed by atoms with Crippen molar-refractivity contribution in [3.05, 3.63) is 56.8 Å². The molecule has 1 saturated heterocycles. The highest BCUT2D eigenvalue weighted by atomic mass is 31.3. The van der Waals surface area contributed by atoms with Crippen LogP contribution >= 0.6 is 15.6 Å². The third kappa shape index (κ3) is 8.95. The summed E-state index contributed by atoms with van der Waals surface area (Å²) in [6.45, 7) is 2.43. The van der Waals surface area contributed by atoms with E-state index in [0.29, 0.717) is 12.4 Å². The van der Waals surface area contributed by atoms with E-state index in [1.54, 1.807) is 26.0 Å². The molecule has 0 saturated carbocycles. The van der Waals surface area contributed by atoms with Crippen molar-refractivity contribution >= 4 is 43.7 Å². The molecule has 0 radical (unpaired) electrons. The minimum atomic E-state index is -5.86. The van der Waals surface area contributed by atoms with Gasteiger partial charge >= 0.3 is 21.3 Å². The Kier molecular flexibility index (Phi) is 12.3. The largest absolute Gasteiger partial charge is 0.483 e. The van der Waals surface area contributed by atoms with Gasteiger partial charge in [0.25, 0.3) is 5.56 Å². The molecule has 0 bridgehead atoms. The summed E-state index contributed by atoms with van der Waals surface area (Å²) in [6.07, 6.45) is -13.8. The summed E-state index contributed by atoms with van der Waals surface area (Å²) in [4.78, 5) is 67.3. The van der Waals surface area contributed by atoms with Crippen LogP contribution in [0.4, 0.5) is 5.82 Å². The topological polar surface area (TPSA) is 395 Å². The summed E-state index contributed by atoms with van der Waals surface area (Å²) in [5.41, 5.74) is 5.67. The van der Waals surface area contributed by atoms with Crippen molar-refractivity contribution in [2.45, 2.75) is 69.5 Å². The van der Waals surface area contributed by atoms with Gasteiger partial charge in [0.05, 0.1) is 30.5 Å². The molecular weight excluding hydrogens is 806 g/mol. The summed E-state index contributed by atoms with van der Waals surface area (Å²) in [5, 5.41) is 66.7. The maximum atomic E-state index is 12.6. The number of nitrogens with two attached hydrogens (primary N) is 1. The van der Waals surface area contributed by atoms with Gasteiger partial charge in [-0.1, -0.05) is 0 Å². The van der Waals surface area contributed by atoms with Crippen molar-refractivity contribution in [2.24, 2.45) is 5.73 Å². The Balaban J connectivity index is 1.09. The van der Waals surface area contributed by atoms with Crippen LogP contribution in [0, 0.1) is 13.8 Å². The van der Waals surface area contributed by atoms with Crippen LogP contribution in [0.5, 0.6) is 0 Å². The zero-order valence-electron chi connectivity index (χ0n) is 29.7. The Bertz CT molecular complexity index is 2450. The number of aromatic amines is 1. The number of rotatable bonds is 16. The summed E-state index contributed by atoms with van der Waals surface area (Å²) in [6, 6.07) is 3.21. The van der Waals surface area contributed by atoms with E-state index in [0.717, 1.165) is 15.7 Å². The molecule has 0 spiro atoms. The number of fused-ring (bicyclic) bond motifs is 3. The number of aryl methyl sites for hydroxylation is 2. The smallest absolute Gasteiger partial charge is 0.388 e. The number of benzene rings is 1. The summed E-state index contributed by atoms with van der Waals surface area (Å²) in [7, 11) is -11.5. The van der Waals surface area contributed by atoms with Crippen LogP contribution in [0.25, 0.3) is 33.7 Å². The second-order valence-corrected chi connectivity index (χ2v) is 15.9. The molecule has 1 aromatic carbocycles. The molecule has 2 aromatic heterocycles. The lowest BCUT2D eigenvalue weighted by atomic mass is 10.1. The standard InChI is InChI=1S/C29H38N10O16P2/c1-11-5-13-14(6-12(11)2)38(25-18(35-13)26(45)37-29(47)36-25)7-15(40)19(41)22(44)28(46)54-57(50,51)55-56(48,49)52-8-16-20(42)21(43)27(53-16)39-10-34-17-23(31-4-3-30)32-9-33-24(17)39/h5-6,9-10,15-16,19-22,27-28,40-44,46H,3-4,7-8,30H2,1-2H3,(H,48,49)(H,50,51)(H,31,32,33)(H,37,45,47). The number of anilines is 1. The van der Waals surface area contributed by atoms with Crippen molar-refractivity contribution in [1.82, 2.24) is 39.0 Å². The second-order valence-electron chi connectivity index (χ2n) is 12.9. The monoisotopic (exact) mass is 844 g/mol. The molecule has 1 fully saturated rings. The van der Waals surface area contributed by atoms with Crippen LogP contribution in [0.15, 0.2) is 34.4 Å². The van der Waals surface area contributed by atoms with Crippen molar-refractivity contribution < 1.29 is 67.7 Å². The Morgan fingerprint density at radius 3 is 2.44 bits per heavy atom. The molecule has 10 atom stereocenters. The normalized spacial score (nSPS) is 23.0. The van der Waals surface area contributed by atoms with Gasteiger partial charge in [0.2, 0.25) is 0 Å². The molecule has 12 N–H and O–H groups in total. The number of ether oxygens (including phenoxy) is 1. The van der Waals surface area contributed by atoms with Crippen LogP contribution < -0.4 is 22.3 Å². The van der Waals surface area contributed by atoms with E-state index in [1.807, 2.05) is 4.98 Å². The molecule has 0 aliphatic carbocycles. The molecular formula is C29H38N10O16P2. The molecule has 28 heteroatoms. The van der Waals surface area contributed by atoms with Gasteiger partial charge in [-0.15, -0.1) is 0 Å². The van der Waals surface area contributed by atoms with Crippen LogP contribution in [-0.2, 0) is 33.8 Å². The van der Waals surface area contributed by atoms with Gasteiger partial charge in [0, 0.05) is 13.1 Å². The first-order valence-corrected chi connectivity index (χ1v) is 19.8. The van der Waals surface area contributed by atoms with E-state index >= 15 is 0 Å². The lowest BCUT2D eigenvalue weighted by Crippen LogP contribution is -2.47. The Morgan fingerprint density at radius 1 is 1.00 bits per heavy atom. The van der Waals surface area contributed by atoms with Gasteiger partial charge in [-0.2, -0.15) is 9.29 Å². The highest BCUT2D eigenvalue weighted by Gasteiger charge is 2.47. The van der Waals surface area contributed by atoms with Gasteiger partial charge in [0.1, 0.15) is 43.0 Å². The van der Waals surface area contributed by atoms with Gasteiger partial charge in [-0.3, -0.25) is 23.4 Å². The minimum absolute atomic E-state index is 0.171. The molecule has 3 aromatic rings. The number of hydrogen-bond donors (Lipinski definition) is 11. The van der Waals surface area contributed by atoms with Crippen molar-refractivity contribution in [1.29, 1.82) is 0 Å². The number of phosphoric ester groups is 2. The maximum Gasteiger partial charge on any atom is 0.483 e. The molecule has 10 unspecified atom stereocenters. The molecule has 0 amide bonds. The summed E-state index contributed by atoms with van der Waals surface area (Å²) >= 11 is 0. The SMILES string of the molecule is Cc1cc2nc3c(=O)[nH]c(=O)nc-3n(CC(O)C(O)C(O)C(O)OP(=O)(O)OP(=O)(O)OCC3OC(n4cnc5c(NCCN)ncnc54)C(O)C3O)c2cc1C. The lowest BCUT2D eigenvalue weighted by Gasteiger charge is -2.28. The molecule has 5 heterocycles. The Labute approximate surface area is 318 Å². The predicted octanol–water partition coefficient (Wildman–Crippen LogP) is -3.32. The highest BCUT2D eigenvalue weighted by molar-refractivity contribution is 7.61. The summed E-state index contributed by atoms with van der Waals surface area (Å²) < 4.78 is 46.5. The zero-order valence-corrected chi connectivity index (χ0v) is 31.5. The minimum Gasteiger partial charge on any atom is -0.388 e. The maximum absolute atomic E-state index is 12.6. The number of hydrogen-bond acceptors (Lipinski definition) is 21.